The largest absolute Gasteiger partial charge is 0.334 e. The number of H-pyrrole nitrogens is 1. The van der Waals surface area contributed by atoms with Gasteiger partial charge in [-0.3, -0.25) is 9.89 Å². The standard InChI is InChI=1S/C12H14N4O3S/c1-16(7-11-13-8-14-15-11)12(17)9-3-5-10(6-4-9)20(2,18)19/h3-6,8H,7H2,1-2H3,(H,13,14,15). The minimum absolute atomic E-state index is 0.187. The molecule has 0 unspecified atom stereocenters. The van der Waals surface area contributed by atoms with Crippen LogP contribution in [0.15, 0.2) is 35.5 Å². The van der Waals surface area contributed by atoms with Crippen molar-refractivity contribution in [2.24, 2.45) is 0 Å². The Labute approximate surface area is 116 Å². The maximum absolute atomic E-state index is 12.1. The van der Waals surface area contributed by atoms with Crippen LogP contribution in [0, 0.1) is 0 Å². The lowest BCUT2D eigenvalue weighted by atomic mass is 10.2. The van der Waals surface area contributed by atoms with E-state index in [9.17, 15) is 13.2 Å². The molecule has 0 aliphatic heterocycles. The third kappa shape index (κ3) is 3.21. The van der Waals surface area contributed by atoms with Crippen molar-refractivity contribution in [3.8, 4) is 0 Å². The Balaban J connectivity index is 2.13. The Morgan fingerprint density at radius 2 is 1.95 bits per heavy atom. The minimum Gasteiger partial charge on any atom is -0.334 e. The van der Waals surface area contributed by atoms with Crippen LogP contribution < -0.4 is 0 Å². The first-order chi connectivity index (χ1) is 9.38. The van der Waals surface area contributed by atoms with Gasteiger partial charge in [-0.15, -0.1) is 0 Å². The quantitative estimate of drug-likeness (QED) is 0.884. The van der Waals surface area contributed by atoms with Gasteiger partial charge < -0.3 is 4.90 Å². The predicted octanol–water partition coefficient (Wildman–Crippen LogP) is 0.480. The molecule has 106 valence electrons. The monoisotopic (exact) mass is 294 g/mol. The van der Waals surface area contributed by atoms with E-state index in [1.54, 1.807) is 7.05 Å². The van der Waals surface area contributed by atoms with E-state index in [0.717, 1.165) is 6.26 Å². The molecule has 0 bridgehead atoms. The fourth-order valence-electron chi connectivity index (χ4n) is 1.67. The topological polar surface area (TPSA) is 96.0 Å². The average Bonchev–Trinajstić information content (AvgIpc) is 2.90. The summed E-state index contributed by atoms with van der Waals surface area (Å²) in [6.45, 7) is 0.298. The van der Waals surface area contributed by atoms with Crippen molar-refractivity contribution < 1.29 is 13.2 Å². The summed E-state index contributed by atoms with van der Waals surface area (Å²) in [4.78, 5) is 17.7. The number of hydrogen-bond donors (Lipinski definition) is 1. The van der Waals surface area contributed by atoms with Crippen molar-refractivity contribution in [1.82, 2.24) is 20.1 Å². The summed E-state index contributed by atoms with van der Waals surface area (Å²) in [5.41, 5.74) is 0.416. The Bertz CT molecular complexity index is 693. The number of hydrogen-bond acceptors (Lipinski definition) is 5. The number of benzene rings is 1. The first-order valence-electron chi connectivity index (χ1n) is 5.78. The molecule has 7 nitrogen and oxygen atoms in total. The van der Waals surface area contributed by atoms with Gasteiger partial charge in [0, 0.05) is 18.9 Å². The molecule has 1 aromatic carbocycles. The van der Waals surface area contributed by atoms with Gasteiger partial charge in [0.2, 0.25) is 0 Å². The lowest BCUT2D eigenvalue weighted by molar-refractivity contribution is 0.0781. The average molecular weight is 294 g/mol. The van der Waals surface area contributed by atoms with E-state index in [-0.39, 0.29) is 10.8 Å². The Morgan fingerprint density at radius 3 is 2.45 bits per heavy atom. The van der Waals surface area contributed by atoms with E-state index >= 15 is 0 Å². The van der Waals surface area contributed by atoms with E-state index in [4.69, 9.17) is 0 Å². The number of nitrogens with one attached hydrogen (secondary N) is 1. The fraction of sp³-hybridized carbons (Fsp3) is 0.250. The molecule has 0 saturated heterocycles. The summed E-state index contributed by atoms with van der Waals surface area (Å²) in [5, 5.41) is 6.37. The molecular formula is C12H14N4O3S. The van der Waals surface area contributed by atoms with Crippen LogP contribution in [0.25, 0.3) is 0 Å². The highest BCUT2D eigenvalue weighted by molar-refractivity contribution is 7.90. The molecular weight excluding hydrogens is 280 g/mol. The molecule has 0 atom stereocenters. The molecule has 20 heavy (non-hydrogen) atoms. The number of amides is 1. The zero-order chi connectivity index (χ0) is 14.8. The molecule has 1 heterocycles. The number of carbonyl (C=O) groups is 1. The van der Waals surface area contributed by atoms with Crippen LogP contribution in [0.4, 0.5) is 0 Å². The Hall–Kier alpha value is -2.22. The molecule has 8 heteroatoms. The molecule has 1 N–H and O–H groups in total. The summed E-state index contributed by atoms with van der Waals surface area (Å²) in [7, 11) is -1.62. The van der Waals surface area contributed by atoms with E-state index in [1.165, 1.54) is 35.5 Å². The van der Waals surface area contributed by atoms with Gasteiger partial charge in [-0.25, -0.2) is 13.4 Å². The lowest BCUT2D eigenvalue weighted by Crippen LogP contribution is -2.26. The third-order valence-corrected chi connectivity index (χ3v) is 3.86. The molecule has 0 radical (unpaired) electrons. The third-order valence-electron chi connectivity index (χ3n) is 2.73. The molecule has 0 aliphatic rings. The SMILES string of the molecule is CN(Cc1ncn[nH]1)C(=O)c1ccc(S(C)(=O)=O)cc1. The summed E-state index contributed by atoms with van der Waals surface area (Å²) in [5.74, 6) is 0.357. The Morgan fingerprint density at radius 1 is 1.30 bits per heavy atom. The van der Waals surface area contributed by atoms with Crippen molar-refractivity contribution >= 4 is 15.7 Å². The van der Waals surface area contributed by atoms with Crippen LogP contribution in [0.2, 0.25) is 0 Å². The fourth-order valence-corrected chi connectivity index (χ4v) is 2.30. The maximum Gasteiger partial charge on any atom is 0.254 e. The van der Waals surface area contributed by atoms with Crippen molar-refractivity contribution in [3.05, 3.63) is 42.0 Å². The minimum atomic E-state index is -3.25. The second kappa shape index (κ2) is 5.41. The van der Waals surface area contributed by atoms with Gasteiger partial charge in [0.15, 0.2) is 9.84 Å². The van der Waals surface area contributed by atoms with Crippen molar-refractivity contribution in [3.63, 3.8) is 0 Å². The molecule has 0 fully saturated rings. The lowest BCUT2D eigenvalue weighted by Gasteiger charge is -2.15. The highest BCUT2D eigenvalue weighted by Crippen LogP contribution is 2.12. The van der Waals surface area contributed by atoms with Gasteiger partial charge in [0.05, 0.1) is 11.4 Å². The van der Waals surface area contributed by atoms with Crippen LogP contribution >= 0.6 is 0 Å². The van der Waals surface area contributed by atoms with Crippen molar-refractivity contribution in [1.29, 1.82) is 0 Å². The molecule has 0 aliphatic carbocycles. The zero-order valence-corrected chi connectivity index (χ0v) is 11.9. The second-order valence-corrected chi connectivity index (χ2v) is 6.41. The normalized spacial score (nSPS) is 11.3. The van der Waals surface area contributed by atoms with Gasteiger partial charge in [-0.1, -0.05) is 0 Å². The second-order valence-electron chi connectivity index (χ2n) is 4.39. The number of carbonyl (C=O) groups excluding carboxylic acids is 1. The van der Waals surface area contributed by atoms with Crippen LogP contribution in [0.3, 0.4) is 0 Å². The molecule has 1 aromatic heterocycles. The van der Waals surface area contributed by atoms with Gasteiger partial charge in [-0.2, -0.15) is 5.10 Å². The van der Waals surface area contributed by atoms with E-state index in [0.29, 0.717) is 17.9 Å². The molecule has 1 amide bonds. The zero-order valence-electron chi connectivity index (χ0n) is 11.1. The summed E-state index contributed by atoms with van der Waals surface area (Å²) in [6, 6.07) is 5.83. The predicted molar refractivity (Wildman–Crippen MR) is 71.7 cm³/mol. The first-order valence-corrected chi connectivity index (χ1v) is 7.67. The molecule has 0 spiro atoms. The van der Waals surface area contributed by atoms with E-state index in [1.807, 2.05) is 0 Å². The first kappa shape index (κ1) is 14.2. The molecule has 2 rings (SSSR count). The van der Waals surface area contributed by atoms with Crippen LogP contribution in [-0.2, 0) is 16.4 Å². The highest BCUT2D eigenvalue weighted by Gasteiger charge is 2.14. The van der Waals surface area contributed by atoms with Crippen molar-refractivity contribution in [2.45, 2.75) is 11.4 Å². The Kier molecular flexibility index (Phi) is 3.84. The van der Waals surface area contributed by atoms with E-state index < -0.39 is 9.84 Å². The number of sulfone groups is 1. The number of rotatable bonds is 4. The maximum atomic E-state index is 12.1. The van der Waals surface area contributed by atoms with Gasteiger partial charge in [0.1, 0.15) is 12.2 Å². The number of aromatic nitrogens is 3. The number of aromatic amines is 1. The smallest absolute Gasteiger partial charge is 0.254 e. The van der Waals surface area contributed by atoms with Crippen LogP contribution in [0.1, 0.15) is 16.2 Å². The summed E-state index contributed by atoms with van der Waals surface area (Å²) < 4.78 is 22.7. The van der Waals surface area contributed by atoms with Gasteiger partial charge >= 0.3 is 0 Å². The summed E-state index contributed by atoms with van der Waals surface area (Å²) in [6.07, 6.45) is 2.49. The van der Waals surface area contributed by atoms with Crippen LogP contribution in [0.5, 0.6) is 0 Å². The molecule has 2 aromatic rings. The number of nitrogens with zero attached hydrogens (tertiary/aromatic N) is 3. The molecule has 0 saturated carbocycles. The summed E-state index contributed by atoms with van der Waals surface area (Å²) >= 11 is 0. The highest BCUT2D eigenvalue weighted by atomic mass is 32.2. The van der Waals surface area contributed by atoms with Crippen molar-refractivity contribution in [2.75, 3.05) is 13.3 Å². The van der Waals surface area contributed by atoms with Gasteiger partial charge in [-0.05, 0) is 24.3 Å². The van der Waals surface area contributed by atoms with Gasteiger partial charge in [0.25, 0.3) is 5.91 Å². The van der Waals surface area contributed by atoms with Crippen LogP contribution in [-0.4, -0.2) is 47.7 Å². The van der Waals surface area contributed by atoms with E-state index in [2.05, 4.69) is 15.2 Å².